The molecule has 0 saturated carbocycles. The zero-order chi connectivity index (χ0) is 13.5. The Morgan fingerprint density at radius 3 is 2.68 bits per heavy atom. The Bertz CT molecular complexity index is 510. The van der Waals surface area contributed by atoms with E-state index >= 15 is 0 Å². The molecule has 19 heavy (non-hydrogen) atoms. The van der Waals surface area contributed by atoms with Gasteiger partial charge in [0.05, 0.1) is 6.54 Å². The average molecular weight is 364 g/mol. The Hall–Kier alpha value is -1.57. The van der Waals surface area contributed by atoms with Crippen molar-refractivity contribution < 1.29 is 0 Å². The molecule has 0 fully saturated rings. The van der Waals surface area contributed by atoms with Crippen LogP contribution in [0.4, 0.5) is 0 Å². The van der Waals surface area contributed by atoms with E-state index in [1.54, 1.807) is 11.2 Å². The highest BCUT2D eigenvalue weighted by molar-refractivity contribution is 14.1. The number of nitrogens with one attached hydrogen (secondary N) is 2. The molecule has 0 aliphatic carbocycles. The van der Waals surface area contributed by atoms with Crippen LogP contribution < -0.4 is 10.7 Å². The lowest BCUT2D eigenvalue weighted by atomic mass is 9.55. The number of nitrogens with zero attached hydrogens (tertiary/aromatic N) is 2. The van der Waals surface area contributed by atoms with E-state index in [9.17, 15) is 0 Å². The number of rotatable bonds is 5. The molecule has 0 unspecified atom stereocenters. The minimum absolute atomic E-state index is 0.241. The second-order valence-electron chi connectivity index (χ2n) is 4.10. The number of allylic oxidation sites excluding steroid dienone is 2. The Morgan fingerprint density at radius 1 is 1.32 bits per heavy atom. The summed E-state index contributed by atoms with van der Waals surface area (Å²) in [6, 6.07) is 8.35. The van der Waals surface area contributed by atoms with Gasteiger partial charge in [-0.3, -0.25) is 0 Å². The van der Waals surface area contributed by atoms with E-state index in [2.05, 4.69) is 63.3 Å². The van der Waals surface area contributed by atoms with Gasteiger partial charge in [0.2, 0.25) is 0 Å². The SMILES string of the molecule is N=NN(/C=C\I)Cc1ccc(B2C=CC=CN2)cc1. The summed E-state index contributed by atoms with van der Waals surface area (Å²) >= 11 is 2.12. The summed E-state index contributed by atoms with van der Waals surface area (Å²) in [5.74, 6) is 2.12. The van der Waals surface area contributed by atoms with Crippen molar-refractivity contribution in [2.45, 2.75) is 6.54 Å². The van der Waals surface area contributed by atoms with Gasteiger partial charge in [-0.05, 0) is 21.9 Å². The van der Waals surface area contributed by atoms with E-state index < -0.39 is 0 Å². The fraction of sp³-hybridized carbons (Fsp3) is 0.0769. The van der Waals surface area contributed by atoms with Crippen molar-refractivity contribution in [3.05, 3.63) is 64.4 Å². The van der Waals surface area contributed by atoms with Crippen LogP contribution in [0.5, 0.6) is 0 Å². The summed E-state index contributed by atoms with van der Waals surface area (Å²) in [6.07, 6.45) is 7.75. The first-order valence-electron chi connectivity index (χ1n) is 5.92. The molecule has 1 aromatic carbocycles. The molecular weight excluding hydrogens is 350 g/mol. The van der Waals surface area contributed by atoms with Gasteiger partial charge in [0.1, 0.15) is 0 Å². The normalized spacial score (nSPS) is 13.6. The molecule has 4 nitrogen and oxygen atoms in total. The maximum Gasteiger partial charge on any atom is 0.312 e. The molecule has 0 atom stereocenters. The molecule has 1 aliphatic rings. The maximum absolute atomic E-state index is 7.08. The lowest BCUT2D eigenvalue weighted by Crippen LogP contribution is -2.41. The van der Waals surface area contributed by atoms with Crippen LogP contribution in [0, 0.1) is 5.53 Å². The smallest absolute Gasteiger partial charge is 0.312 e. The molecule has 0 saturated heterocycles. The lowest BCUT2D eigenvalue weighted by molar-refractivity contribution is 0.355. The molecular formula is C13H14BIN4. The zero-order valence-electron chi connectivity index (χ0n) is 10.3. The van der Waals surface area contributed by atoms with E-state index in [1.165, 1.54) is 5.46 Å². The molecule has 0 radical (unpaired) electrons. The first-order valence-corrected chi connectivity index (χ1v) is 7.17. The van der Waals surface area contributed by atoms with Gasteiger partial charge in [-0.25, -0.2) is 5.01 Å². The third-order valence-electron chi connectivity index (χ3n) is 2.83. The molecule has 1 heterocycles. The summed E-state index contributed by atoms with van der Waals surface area (Å²) in [4.78, 5) is 0. The molecule has 1 aromatic rings. The third kappa shape index (κ3) is 3.95. The maximum atomic E-state index is 7.08. The summed E-state index contributed by atoms with van der Waals surface area (Å²) < 4.78 is 1.84. The van der Waals surface area contributed by atoms with E-state index in [1.807, 2.05) is 22.4 Å². The van der Waals surface area contributed by atoms with Crippen LogP contribution >= 0.6 is 22.6 Å². The van der Waals surface area contributed by atoms with Gasteiger partial charge in [0.25, 0.3) is 0 Å². The quantitative estimate of drug-likeness (QED) is 0.366. The van der Waals surface area contributed by atoms with Crippen LogP contribution in [-0.2, 0) is 6.54 Å². The first-order chi connectivity index (χ1) is 9.33. The summed E-state index contributed by atoms with van der Waals surface area (Å²) in [5, 5.41) is 8.32. The molecule has 2 rings (SSSR count). The predicted molar refractivity (Wildman–Crippen MR) is 87.1 cm³/mol. The molecule has 0 bridgehead atoms. The van der Waals surface area contributed by atoms with Crippen LogP contribution in [0.15, 0.2) is 64.1 Å². The number of benzene rings is 1. The molecule has 2 N–H and O–H groups in total. The van der Waals surface area contributed by atoms with Gasteiger partial charge in [0.15, 0.2) is 0 Å². The largest absolute Gasteiger partial charge is 0.427 e. The van der Waals surface area contributed by atoms with E-state index in [0.717, 1.165) is 5.56 Å². The Balaban J connectivity index is 2.03. The van der Waals surface area contributed by atoms with Crippen molar-refractivity contribution in [2.24, 2.45) is 5.22 Å². The molecule has 96 valence electrons. The van der Waals surface area contributed by atoms with Crippen molar-refractivity contribution in [3.63, 3.8) is 0 Å². The minimum Gasteiger partial charge on any atom is -0.427 e. The Kier molecular flexibility index (Phi) is 5.20. The van der Waals surface area contributed by atoms with Crippen molar-refractivity contribution in [1.29, 1.82) is 5.53 Å². The van der Waals surface area contributed by atoms with Gasteiger partial charge in [-0.2, -0.15) is 5.53 Å². The zero-order valence-corrected chi connectivity index (χ0v) is 12.5. The van der Waals surface area contributed by atoms with Gasteiger partial charge in [0, 0.05) is 6.20 Å². The average Bonchev–Trinajstić information content (AvgIpc) is 2.48. The standard InChI is InChI=1S/C13H14BIN4/c15-8-10-19(18-16)11-12-3-5-13(6-4-12)14-7-1-2-9-17-14/h1-10,16-17H,11H2/b10-8-,18-16?. The topological polar surface area (TPSA) is 51.5 Å². The molecule has 1 aliphatic heterocycles. The van der Waals surface area contributed by atoms with Gasteiger partial charge >= 0.3 is 6.85 Å². The second kappa shape index (κ2) is 7.13. The molecule has 0 aromatic heterocycles. The van der Waals surface area contributed by atoms with Crippen LogP contribution in [0.2, 0.25) is 0 Å². The number of hydrogen-bond donors (Lipinski definition) is 2. The number of halogens is 1. The van der Waals surface area contributed by atoms with Crippen molar-refractivity contribution >= 4 is 34.9 Å². The van der Waals surface area contributed by atoms with Crippen LogP contribution in [0.3, 0.4) is 0 Å². The third-order valence-corrected chi connectivity index (χ3v) is 3.15. The van der Waals surface area contributed by atoms with Crippen molar-refractivity contribution in [3.8, 4) is 0 Å². The van der Waals surface area contributed by atoms with Gasteiger partial charge in [-0.1, -0.05) is 69.6 Å². The molecule has 6 heteroatoms. The fourth-order valence-electron chi connectivity index (χ4n) is 1.86. The highest BCUT2D eigenvalue weighted by atomic mass is 127. The van der Waals surface area contributed by atoms with Gasteiger partial charge < -0.3 is 5.23 Å². The fourth-order valence-corrected chi connectivity index (χ4v) is 2.23. The van der Waals surface area contributed by atoms with Crippen LogP contribution in [0.25, 0.3) is 0 Å². The van der Waals surface area contributed by atoms with Crippen LogP contribution in [-0.4, -0.2) is 11.9 Å². The minimum atomic E-state index is 0.241. The highest BCUT2D eigenvalue weighted by Crippen LogP contribution is 2.06. The van der Waals surface area contributed by atoms with E-state index in [-0.39, 0.29) is 6.85 Å². The monoisotopic (exact) mass is 364 g/mol. The highest BCUT2D eigenvalue weighted by Gasteiger charge is 2.13. The van der Waals surface area contributed by atoms with E-state index in [0.29, 0.717) is 6.54 Å². The van der Waals surface area contributed by atoms with Gasteiger partial charge in [-0.15, -0.1) is 0 Å². The summed E-state index contributed by atoms with van der Waals surface area (Å²) in [7, 11) is 0. The molecule has 0 spiro atoms. The Labute approximate surface area is 127 Å². The van der Waals surface area contributed by atoms with Crippen LogP contribution in [0.1, 0.15) is 5.56 Å². The van der Waals surface area contributed by atoms with Crippen molar-refractivity contribution in [1.82, 2.24) is 10.2 Å². The number of hydrogen-bond acceptors (Lipinski definition) is 3. The first kappa shape index (κ1) is 13.9. The lowest BCUT2D eigenvalue weighted by Gasteiger charge is -2.14. The summed E-state index contributed by atoms with van der Waals surface area (Å²) in [5.41, 5.74) is 9.44. The Morgan fingerprint density at radius 2 is 2.11 bits per heavy atom. The second-order valence-corrected chi connectivity index (χ2v) is 4.82. The van der Waals surface area contributed by atoms with Crippen molar-refractivity contribution in [2.75, 3.05) is 0 Å². The molecule has 0 amide bonds. The summed E-state index contributed by atoms with van der Waals surface area (Å²) in [6.45, 7) is 0.849. The van der Waals surface area contributed by atoms with E-state index in [4.69, 9.17) is 5.53 Å². The predicted octanol–water partition coefficient (Wildman–Crippen LogP) is 2.75.